The lowest BCUT2D eigenvalue weighted by Gasteiger charge is -2.24. The van der Waals surface area contributed by atoms with Crippen LogP contribution in [0.15, 0.2) is 118 Å². The second-order valence-electron chi connectivity index (χ2n) is 10.9. The number of hydrogen-bond acceptors (Lipinski definition) is 9. The van der Waals surface area contributed by atoms with E-state index in [9.17, 15) is 9.59 Å². The zero-order chi connectivity index (χ0) is 30.7. The van der Waals surface area contributed by atoms with Crippen LogP contribution in [0.25, 0.3) is 43.0 Å². The summed E-state index contributed by atoms with van der Waals surface area (Å²) in [4.78, 5) is 38.0. The highest BCUT2D eigenvalue weighted by atomic mass is 32.1. The summed E-state index contributed by atoms with van der Waals surface area (Å²) in [7, 11) is 0. The first-order valence-corrected chi connectivity index (χ1v) is 15.9. The van der Waals surface area contributed by atoms with Crippen LogP contribution in [0.4, 0.5) is 22.2 Å². The molecule has 3 heterocycles. The summed E-state index contributed by atoms with van der Waals surface area (Å²) >= 11 is 2.74. The van der Waals surface area contributed by atoms with Gasteiger partial charge in [0.2, 0.25) is 5.43 Å². The van der Waals surface area contributed by atoms with Gasteiger partial charge in [-0.2, -0.15) is 8.75 Å². The molecule has 45 heavy (non-hydrogen) atoms. The van der Waals surface area contributed by atoms with Crippen molar-refractivity contribution >= 4 is 77.8 Å². The van der Waals surface area contributed by atoms with Gasteiger partial charge in [-0.3, -0.25) is 9.59 Å². The molecule has 5 aromatic carbocycles. The Bertz CT molecular complexity index is 2510. The lowest BCUT2D eigenvalue weighted by atomic mass is 10.1. The second kappa shape index (κ2) is 10.7. The molecule has 0 bridgehead atoms. The molecule has 3 aromatic heterocycles. The van der Waals surface area contributed by atoms with Gasteiger partial charge in [-0.15, -0.1) is 11.3 Å². The molecule has 0 fully saturated rings. The van der Waals surface area contributed by atoms with Gasteiger partial charge in [0.1, 0.15) is 21.4 Å². The largest absolute Gasteiger partial charge is 0.301 e. The first-order chi connectivity index (χ1) is 22.0. The van der Waals surface area contributed by atoms with Gasteiger partial charge in [0.05, 0.1) is 11.7 Å². The van der Waals surface area contributed by atoms with Crippen LogP contribution in [0.2, 0.25) is 0 Å². The van der Waals surface area contributed by atoms with E-state index in [1.165, 1.54) is 11.1 Å². The van der Waals surface area contributed by atoms with E-state index >= 15 is 0 Å². The Morgan fingerprint density at radius 3 is 1.89 bits per heavy atom. The number of pyridine rings is 1. The molecular formula is C36H23N5O2S2. The number of anilines is 3. The molecule has 0 saturated carbocycles. The van der Waals surface area contributed by atoms with E-state index in [1.807, 2.05) is 6.07 Å². The maximum absolute atomic E-state index is 12.9. The SMILES string of the molecule is Cc1ccc(N(c2ccc(C)cc2)c2sc(-c3cnc(/N=c4\c(=O)c(=O)c5ccccc45)c4nsnc34)c3ccccc23)cc1. The zero-order valence-corrected chi connectivity index (χ0v) is 25.8. The van der Waals surface area contributed by atoms with Crippen LogP contribution in [-0.4, -0.2) is 13.7 Å². The quantitative estimate of drug-likeness (QED) is 0.181. The van der Waals surface area contributed by atoms with Gasteiger partial charge in [0.25, 0.3) is 5.43 Å². The normalized spacial score (nSPS) is 12.1. The topological polar surface area (TPSA) is 88.4 Å². The third kappa shape index (κ3) is 4.47. The summed E-state index contributed by atoms with van der Waals surface area (Å²) in [6.45, 7) is 4.18. The molecular weight excluding hydrogens is 599 g/mol. The number of fused-ring (bicyclic) bond motifs is 3. The molecule has 216 valence electrons. The van der Waals surface area contributed by atoms with E-state index in [2.05, 4.69) is 99.2 Å². The minimum Gasteiger partial charge on any atom is -0.301 e. The molecule has 0 spiro atoms. The number of rotatable bonds is 5. The second-order valence-corrected chi connectivity index (χ2v) is 12.4. The average Bonchev–Trinajstić information content (AvgIpc) is 3.77. The minimum atomic E-state index is -0.639. The molecule has 0 saturated heterocycles. The molecule has 0 aliphatic carbocycles. The number of benzene rings is 4. The maximum Gasteiger partial charge on any atom is 0.252 e. The highest BCUT2D eigenvalue weighted by molar-refractivity contribution is 7.21. The Hall–Kier alpha value is -5.38. The summed E-state index contributed by atoms with van der Waals surface area (Å²) in [5.74, 6) is 0.261. The highest BCUT2D eigenvalue weighted by Crippen LogP contribution is 2.50. The van der Waals surface area contributed by atoms with Crippen molar-refractivity contribution < 1.29 is 0 Å². The standard InChI is InChI=1S/C36H23N5O2S2/c1-20-11-15-22(16-12-20)41(23-17-13-21(2)14-18-23)36-27-10-6-5-9-26(27)34(44-36)28-19-37-35(31-29(28)39-45-40-31)38-30-24-7-3-4-8-25(24)32(42)33(30)43/h3-19H,1-2H3/b38-30-. The molecule has 0 aliphatic heterocycles. The minimum absolute atomic E-state index is 0.0841. The average molecular weight is 622 g/mol. The van der Waals surface area contributed by atoms with Crippen molar-refractivity contribution in [1.29, 1.82) is 0 Å². The van der Waals surface area contributed by atoms with E-state index in [0.717, 1.165) is 49.3 Å². The summed E-state index contributed by atoms with van der Waals surface area (Å²) in [5, 5.41) is 4.19. The lowest BCUT2D eigenvalue weighted by Crippen LogP contribution is -2.30. The molecule has 7 nitrogen and oxygen atoms in total. The van der Waals surface area contributed by atoms with Gasteiger partial charge in [-0.1, -0.05) is 83.9 Å². The van der Waals surface area contributed by atoms with Crippen molar-refractivity contribution in [3.05, 3.63) is 140 Å². The predicted octanol–water partition coefficient (Wildman–Crippen LogP) is 8.04. The van der Waals surface area contributed by atoms with Gasteiger partial charge in [-0.25, -0.2) is 9.98 Å². The lowest BCUT2D eigenvalue weighted by molar-refractivity contribution is 1.23. The van der Waals surface area contributed by atoms with Crippen molar-refractivity contribution in [2.45, 2.75) is 13.8 Å². The molecule has 0 amide bonds. The van der Waals surface area contributed by atoms with Gasteiger partial charge in [0.15, 0.2) is 5.82 Å². The van der Waals surface area contributed by atoms with Crippen molar-refractivity contribution in [3.63, 3.8) is 0 Å². The number of hydrogen-bond donors (Lipinski definition) is 0. The number of aryl methyl sites for hydroxylation is 2. The Morgan fingerprint density at radius 1 is 0.644 bits per heavy atom. The van der Waals surface area contributed by atoms with E-state index < -0.39 is 10.9 Å². The third-order valence-corrected chi connectivity index (χ3v) is 9.74. The fourth-order valence-electron chi connectivity index (χ4n) is 5.68. The molecule has 0 unspecified atom stereocenters. The van der Waals surface area contributed by atoms with Crippen LogP contribution < -0.4 is 21.1 Å². The van der Waals surface area contributed by atoms with Gasteiger partial charge in [0, 0.05) is 49.6 Å². The fraction of sp³-hybridized carbons (Fsp3) is 0.0556. The van der Waals surface area contributed by atoms with Gasteiger partial charge in [-0.05, 0) is 38.1 Å². The zero-order valence-electron chi connectivity index (χ0n) is 24.2. The predicted molar refractivity (Wildman–Crippen MR) is 184 cm³/mol. The van der Waals surface area contributed by atoms with Crippen LogP contribution in [-0.2, 0) is 0 Å². The van der Waals surface area contributed by atoms with Gasteiger partial charge >= 0.3 is 0 Å². The number of thiophene rings is 1. The van der Waals surface area contributed by atoms with E-state index in [1.54, 1.807) is 41.8 Å². The molecule has 0 aliphatic rings. The van der Waals surface area contributed by atoms with Crippen LogP contribution in [0.3, 0.4) is 0 Å². The summed E-state index contributed by atoms with van der Waals surface area (Å²) in [6.07, 6.45) is 1.75. The van der Waals surface area contributed by atoms with Crippen molar-refractivity contribution in [3.8, 4) is 10.4 Å². The van der Waals surface area contributed by atoms with E-state index in [4.69, 9.17) is 4.98 Å². The van der Waals surface area contributed by atoms with Crippen molar-refractivity contribution in [1.82, 2.24) is 13.7 Å². The van der Waals surface area contributed by atoms with Crippen LogP contribution in [0, 0.1) is 13.8 Å². The molecule has 0 N–H and O–H groups in total. The number of nitrogens with zero attached hydrogens (tertiary/aromatic N) is 5. The van der Waals surface area contributed by atoms with Crippen molar-refractivity contribution in [2.24, 2.45) is 4.99 Å². The summed E-state index contributed by atoms with van der Waals surface area (Å²) in [5.41, 5.74) is 5.28. The first kappa shape index (κ1) is 27.2. The van der Waals surface area contributed by atoms with E-state index in [0.29, 0.717) is 21.8 Å². The highest BCUT2D eigenvalue weighted by Gasteiger charge is 2.23. The first-order valence-electron chi connectivity index (χ1n) is 14.3. The van der Waals surface area contributed by atoms with Crippen LogP contribution in [0.5, 0.6) is 0 Å². The Labute approximate surface area is 265 Å². The molecule has 8 aromatic rings. The molecule has 9 heteroatoms. The fourth-order valence-corrected chi connectivity index (χ4v) is 7.56. The maximum atomic E-state index is 12.9. The van der Waals surface area contributed by atoms with Crippen molar-refractivity contribution in [2.75, 3.05) is 4.90 Å². The monoisotopic (exact) mass is 621 g/mol. The molecule has 8 rings (SSSR count). The molecule has 0 radical (unpaired) electrons. The number of aromatic nitrogens is 3. The van der Waals surface area contributed by atoms with E-state index in [-0.39, 0.29) is 11.2 Å². The van der Waals surface area contributed by atoms with Crippen LogP contribution >= 0.6 is 23.1 Å². The Balaban J connectivity index is 1.34. The third-order valence-electron chi connectivity index (χ3n) is 7.97. The Morgan fingerprint density at radius 2 is 1.22 bits per heavy atom. The van der Waals surface area contributed by atoms with Gasteiger partial charge < -0.3 is 4.90 Å². The summed E-state index contributed by atoms with van der Waals surface area (Å²) in [6, 6.07) is 32.4. The van der Waals surface area contributed by atoms with Crippen LogP contribution in [0.1, 0.15) is 11.1 Å². The Kier molecular flexibility index (Phi) is 6.44. The summed E-state index contributed by atoms with van der Waals surface area (Å²) < 4.78 is 9.21. The smallest absolute Gasteiger partial charge is 0.252 e. The molecule has 0 atom stereocenters.